The number of hydrogen-bond donors (Lipinski definition) is 1. The first-order valence-corrected chi connectivity index (χ1v) is 8.00. The van der Waals surface area contributed by atoms with Crippen molar-refractivity contribution in [1.82, 2.24) is 19.8 Å². The highest BCUT2D eigenvalue weighted by Gasteiger charge is 2.29. The van der Waals surface area contributed by atoms with E-state index in [4.69, 9.17) is 9.84 Å². The van der Waals surface area contributed by atoms with Crippen molar-refractivity contribution in [3.05, 3.63) is 23.8 Å². The second kappa shape index (κ2) is 7.45. The number of aromatic carboxylic acids is 1. The first-order valence-electron chi connectivity index (χ1n) is 8.00. The molecule has 1 aromatic heterocycles. The summed E-state index contributed by atoms with van der Waals surface area (Å²) in [6.45, 7) is 6.82. The van der Waals surface area contributed by atoms with Crippen molar-refractivity contribution in [2.75, 3.05) is 26.2 Å². The maximum absolute atomic E-state index is 12.6. The Labute approximate surface area is 145 Å². The lowest BCUT2D eigenvalue weighted by Crippen LogP contribution is -2.40. The molecule has 9 nitrogen and oxygen atoms in total. The number of carboxylic acids is 1. The van der Waals surface area contributed by atoms with Crippen LogP contribution in [0.5, 0.6) is 0 Å². The Morgan fingerprint density at radius 1 is 1.00 bits per heavy atom. The minimum atomic E-state index is -1.30. The summed E-state index contributed by atoms with van der Waals surface area (Å²) in [5.41, 5.74) is -1.16. The smallest absolute Gasteiger partial charge is 0.410 e. The largest absolute Gasteiger partial charge is 0.476 e. The third-order valence-electron chi connectivity index (χ3n) is 3.54. The van der Waals surface area contributed by atoms with E-state index in [1.54, 1.807) is 25.7 Å². The van der Waals surface area contributed by atoms with E-state index in [0.29, 0.717) is 26.1 Å². The first kappa shape index (κ1) is 18.6. The lowest BCUT2D eigenvalue weighted by atomic mass is 10.2. The second-order valence-corrected chi connectivity index (χ2v) is 6.67. The summed E-state index contributed by atoms with van der Waals surface area (Å²) in [5.74, 6) is -1.81. The van der Waals surface area contributed by atoms with Gasteiger partial charge in [0.2, 0.25) is 0 Å². The fraction of sp³-hybridized carbons (Fsp3) is 0.562. The molecule has 2 rings (SSSR count). The molecule has 2 amide bonds. The van der Waals surface area contributed by atoms with Gasteiger partial charge in [0.05, 0.1) is 0 Å². The molecule has 2 heterocycles. The van der Waals surface area contributed by atoms with Crippen LogP contribution in [-0.4, -0.2) is 74.6 Å². The van der Waals surface area contributed by atoms with E-state index in [9.17, 15) is 14.4 Å². The zero-order valence-electron chi connectivity index (χ0n) is 14.6. The molecule has 9 heteroatoms. The Morgan fingerprint density at radius 3 is 2.16 bits per heavy atom. The Bertz CT molecular complexity index is 671. The third-order valence-corrected chi connectivity index (χ3v) is 3.54. The maximum Gasteiger partial charge on any atom is 0.410 e. The predicted molar refractivity (Wildman–Crippen MR) is 87.3 cm³/mol. The number of carboxylic acid groups (broad SMARTS) is 1. The molecule has 0 radical (unpaired) electrons. The molecule has 0 aliphatic carbocycles. The molecule has 0 atom stereocenters. The van der Waals surface area contributed by atoms with Gasteiger partial charge in [-0.05, 0) is 27.2 Å². The number of hydrogen-bond acceptors (Lipinski definition) is 6. The van der Waals surface area contributed by atoms with Crippen molar-refractivity contribution in [2.45, 2.75) is 32.8 Å². The SMILES string of the molecule is CC(C)(C)OC(=O)N1CCCN(C(=O)c2nccnc2C(=O)O)CC1. The second-order valence-electron chi connectivity index (χ2n) is 6.67. The molecule has 1 aliphatic heterocycles. The van der Waals surface area contributed by atoms with Crippen molar-refractivity contribution in [1.29, 1.82) is 0 Å². The van der Waals surface area contributed by atoms with E-state index in [1.807, 2.05) is 0 Å². The van der Waals surface area contributed by atoms with Crippen LogP contribution in [-0.2, 0) is 4.74 Å². The summed E-state index contributed by atoms with van der Waals surface area (Å²) in [6.07, 6.45) is 2.65. The van der Waals surface area contributed by atoms with E-state index < -0.39 is 23.6 Å². The monoisotopic (exact) mass is 350 g/mol. The first-order chi connectivity index (χ1) is 11.7. The lowest BCUT2D eigenvalue weighted by molar-refractivity contribution is 0.0255. The van der Waals surface area contributed by atoms with E-state index >= 15 is 0 Å². The van der Waals surface area contributed by atoms with E-state index in [0.717, 1.165) is 0 Å². The lowest BCUT2D eigenvalue weighted by Gasteiger charge is -2.26. The molecule has 1 aliphatic rings. The summed E-state index contributed by atoms with van der Waals surface area (Å²) in [4.78, 5) is 46.6. The highest BCUT2D eigenvalue weighted by molar-refractivity contribution is 6.02. The van der Waals surface area contributed by atoms with Gasteiger partial charge in [0, 0.05) is 38.6 Å². The molecule has 0 bridgehead atoms. The van der Waals surface area contributed by atoms with Crippen LogP contribution in [0.2, 0.25) is 0 Å². The van der Waals surface area contributed by atoms with E-state index in [2.05, 4.69) is 9.97 Å². The number of aromatic nitrogens is 2. The van der Waals surface area contributed by atoms with Crippen molar-refractivity contribution in [3.8, 4) is 0 Å². The minimum Gasteiger partial charge on any atom is -0.476 e. The number of carbonyl (C=O) groups is 3. The molecule has 0 spiro atoms. The molecular weight excluding hydrogens is 328 g/mol. The molecule has 0 saturated carbocycles. The van der Waals surface area contributed by atoms with Gasteiger partial charge in [-0.25, -0.2) is 19.6 Å². The number of carbonyl (C=O) groups excluding carboxylic acids is 2. The average Bonchev–Trinajstić information content (AvgIpc) is 2.78. The molecule has 0 aromatic carbocycles. The van der Waals surface area contributed by atoms with Crippen molar-refractivity contribution in [2.24, 2.45) is 0 Å². The van der Waals surface area contributed by atoms with Crippen LogP contribution in [0.25, 0.3) is 0 Å². The van der Waals surface area contributed by atoms with Crippen LogP contribution in [0.4, 0.5) is 4.79 Å². The van der Waals surface area contributed by atoms with E-state index in [1.165, 1.54) is 17.3 Å². The van der Waals surface area contributed by atoms with Crippen LogP contribution < -0.4 is 0 Å². The van der Waals surface area contributed by atoms with Crippen LogP contribution in [0.3, 0.4) is 0 Å². The van der Waals surface area contributed by atoms with Gasteiger partial charge in [0.1, 0.15) is 5.60 Å². The minimum absolute atomic E-state index is 0.194. The number of rotatable bonds is 2. The number of amides is 2. The maximum atomic E-state index is 12.6. The Morgan fingerprint density at radius 2 is 1.56 bits per heavy atom. The standard InChI is InChI=1S/C16H22N4O5/c1-16(2,3)25-15(24)20-8-4-7-19(9-10-20)13(21)11-12(14(22)23)18-6-5-17-11/h5-6H,4,7-10H2,1-3H3,(H,22,23). The van der Waals surface area contributed by atoms with Gasteiger partial charge < -0.3 is 19.6 Å². The fourth-order valence-corrected chi connectivity index (χ4v) is 2.43. The normalized spacial score (nSPS) is 15.5. The Kier molecular flexibility index (Phi) is 5.55. The van der Waals surface area contributed by atoms with Gasteiger partial charge in [-0.15, -0.1) is 0 Å². The molecule has 1 aromatic rings. The topological polar surface area (TPSA) is 113 Å². The summed E-state index contributed by atoms with van der Waals surface area (Å²) >= 11 is 0. The Balaban J connectivity index is 2.07. The predicted octanol–water partition coefficient (Wildman–Crippen LogP) is 1.26. The number of ether oxygens (including phenoxy) is 1. The van der Waals surface area contributed by atoms with Crippen LogP contribution in [0, 0.1) is 0 Å². The van der Waals surface area contributed by atoms with Gasteiger partial charge >= 0.3 is 12.1 Å². The zero-order valence-corrected chi connectivity index (χ0v) is 14.6. The summed E-state index contributed by atoms with van der Waals surface area (Å²) in [6, 6.07) is 0. The molecule has 136 valence electrons. The van der Waals surface area contributed by atoms with Crippen molar-refractivity contribution in [3.63, 3.8) is 0 Å². The molecular formula is C16H22N4O5. The van der Waals surface area contributed by atoms with Gasteiger partial charge in [-0.1, -0.05) is 0 Å². The number of nitrogens with zero attached hydrogens (tertiary/aromatic N) is 4. The molecule has 25 heavy (non-hydrogen) atoms. The fourth-order valence-electron chi connectivity index (χ4n) is 2.43. The van der Waals surface area contributed by atoms with Crippen molar-refractivity contribution >= 4 is 18.0 Å². The van der Waals surface area contributed by atoms with Crippen LogP contribution in [0.15, 0.2) is 12.4 Å². The molecule has 1 N–H and O–H groups in total. The summed E-state index contributed by atoms with van der Waals surface area (Å²) in [5, 5.41) is 9.15. The van der Waals surface area contributed by atoms with Gasteiger partial charge in [-0.2, -0.15) is 0 Å². The summed E-state index contributed by atoms with van der Waals surface area (Å²) < 4.78 is 5.35. The Hall–Kier alpha value is -2.71. The quantitative estimate of drug-likeness (QED) is 0.854. The summed E-state index contributed by atoms with van der Waals surface area (Å²) in [7, 11) is 0. The molecule has 1 saturated heterocycles. The van der Waals surface area contributed by atoms with Gasteiger partial charge in [0.15, 0.2) is 11.4 Å². The van der Waals surface area contributed by atoms with Gasteiger partial charge in [0.25, 0.3) is 5.91 Å². The average molecular weight is 350 g/mol. The van der Waals surface area contributed by atoms with Crippen LogP contribution >= 0.6 is 0 Å². The van der Waals surface area contributed by atoms with Gasteiger partial charge in [-0.3, -0.25) is 4.79 Å². The molecule has 0 unspecified atom stereocenters. The van der Waals surface area contributed by atoms with E-state index in [-0.39, 0.29) is 17.9 Å². The highest BCUT2D eigenvalue weighted by Crippen LogP contribution is 2.14. The van der Waals surface area contributed by atoms with Crippen molar-refractivity contribution < 1.29 is 24.2 Å². The molecule has 1 fully saturated rings. The zero-order chi connectivity index (χ0) is 18.6. The van der Waals surface area contributed by atoms with Crippen LogP contribution in [0.1, 0.15) is 48.2 Å². The highest BCUT2D eigenvalue weighted by atomic mass is 16.6. The third kappa shape index (κ3) is 4.88.